The Morgan fingerprint density at radius 1 is 0.963 bits per heavy atom. The number of rotatable bonds is 8. The maximum Gasteiger partial charge on any atom is 0.410 e. The van der Waals surface area contributed by atoms with Crippen molar-refractivity contribution in [1.82, 2.24) is 14.9 Å². The molecular weight excluding hydrogens is 710 g/mol. The Hall–Kier alpha value is -4.34. The van der Waals surface area contributed by atoms with Gasteiger partial charge in [-0.1, -0.05) is 59.6 Å². The van der Waals surface area contributed by atoms with Gasteiger partial charge in [0.15, 0.2) is 12.6 Å². The van der Waals surface area contributed by atoms with Crippen LogP contribution < -0.4 is 9.64 Å². The van der Waals surface area contributed by atoms with Crippen LogP contribution in [0, 0.1) is 29.2 Å². The summed E-state index contributed by atoms with van der Waals surface area (Å²) in [7, 11) is -0.692. The zero-order valence-electron chi connectivity index (χ0n) is 32.9. The second-order valence-corrected chi connectivity index (χ2v) is 22.1. The molecule has 0 saturated carbocycles. The fourth-order valence-electron chi connectivity index (χ4n) is 8.85. The van der Waals surface area contributed by atoms with Crippen molar-refractivity contribution in [1.29, 1.82) is 0 Å². The van der Waals surface area contributed by atoms with Crippen LogP contribution in [0.4, 0.5) is 23.8 Å². The molecule has 0 spiro atoms. The lowest BCUT2D eigenvalue weighted by Crippen LogP contribution is -2.57. The second-order valence-electron chi connectivity index (χ2n) is 16.5. The van der Waals surface area contributed by atoms with Gasteiger partial charge in [0, 0.05) is 42.1 Å². The molecular formula is C42H51F3N4O4Si. The maximum absolute atomic E-state index is 17.1. The van der Waals surface area contributed by atoms with Crippen molar-refractivity contribution in [3.8, 4) is 28.3 Å². The Balaban J connectivity index is 1.51. The van der Waals surface area contributed by atoms with E-state index in [4.69, 9.17) is 14.2 Å². The van der Waals surface area contributed by atoms with Crippen LogP contribution in [-0.2, 0) is 9.47 Å². The van der Waals surface area contributed by atoms with Crippen molar-refractivity contribution < 1.29 is 32.2 Å². The van der Waals surface area contributed by atoms with Crippen LogP contribution in [0.25, 0.3) is 32.8 Å². The van der Waals surface area contributed by atoms with E-state index >= 15 is 13.2 Å². The first kappa shape index (κ1) is 39.4. The topological polar surface area (TPSA) is 77.0 Å². The number of anilines is 1. The van der Waals surface area contributed by atoms with Gasteiger partial charge in [-0.25, -0.2) is 13.6 Å². The zero-order chi connectivity index (χ0) is 39.3. The van der Waals surface area contributed by atoms with E-state index < -0.39 is 37.5 Å². The number of hydrogen-bond acceptors (Lipinski definition) is 7. The van der Waals surface area contributed by atoms with Crippen LogP contribution >= 0.6 is 0 Å². The molecule has 0 aliphatic carbocycles. The summed E-state index contributed by atoms with van der Waals surface area (Å²) in [6.45, 7) is 19.3. The summed E-state index contributed by atoms with van der Waals surface area (Å²) in [5.74, 6) is 2.02. The quantitative estimate of drug-likeness (QED) is 0.0766. The van der Waals surface area contributed by atoms with Crippen molar-refractivity contribution in [2.75, 3.05) is 31.9 Å². The number of carbonyl (C=O) groups excluding carboxylic acids is 1. The van der Waals surface area contributed by atoms with Crippen LogP contribution in [0.15, 0.2) is 36.4 Å². The molecule has 3 aromatic carbocycles. The fourth-order valence-corrected chi connectivity index (χ4v) is 14.1. The zero-order valence-corrected chi connectivity index (χ0v) is 33.9. The molecule has 288 valence electrons. The highest BCUT2D eigenvalue weighted by atomic mass is 28.3. The van der Waals surface area contributed by atoms with Crippen molar-refractivity contribution in [2.45, 2.75) is 109 Å². The van der Waals surface area contributed by atoms with Crippen molar-refractivity contribution >= 4 is 41.7 Å². The number of methoxy groups -OCH3 is 1. The predicted octanol–water partition coefficient (Wildman–Crippen LogP) is 10.0. The van der Waals surface area contributed by atoms with E-state index in [1.54, 1.807) is 21.9 Å². The van der Waals surface area contributed by atoms with Crippen molar-refractivity contribution in [2.24, 2.45) is 0 Å². The van der Waals surface area contributed by atoms with Gasteiger partial charge in [0.1, 0.15) is 36.6 Å². The summed E-state index contributed by atoms with van der Waals surface area (Å²) >= 11 is 0. The summed E-state index contributed by atoms with van der Waals surface area (Å²) in [6.07, 6.45) is -0.114. The third kappa shape index (κ3) is 7.25. The van der Waals surface area contributed by atoms with Crippen LogP contribution in [-0.4, -0.2) is 73.7 Å². The number of piperazine rings is 1. The molecule has 2 bridgehead atoms. The number of nitrogens with zero attached hydrogens (tertiary/aromatic N) is 4. The lowest BCUT2D eigenvalue weighted by Gasteiger charge is -2.42. The Morgan fingerprint density at radius 2 is 1.61 bits per heavy atom. The molecule has 54 heavy (non-hydrogen) atoms. The Labute approximate surface area is 317 Å². The Kier molecular flexibility index (Phi) is 11.0. The molecule has 8 nitrogen and oxygen atoms in total. The molecule has 2 fully saturated rings. The highest BCUT2D eigenvalue weighted by Crippen LogP contribution is 2.44. The molecule has 0 N–H and O–H groups in total. The predicted molar refractivity (Wildman–Crippen MR) is 210 cm³/mol. The smallest absolute Gasteiger partial charge is 0.410 e. The van der Waals surface area contributed by atoms with Gasteiger partial charge in [-0.2, -0.15) is 14.4 Å². The van der Waals surface area contributed by atoms with E-state index in [2.05, 4.69) is 63.0 Å². The molecule has 1 amide bonds. The van der Waals surface area contributed by atoms with Crippen LogP contribution in [0.2, 0.25) is 16.6 Å². The Bertz CT molecular complexity index is 2110. The minimum Gasteiger partial charge on any atom is -0.468 e. The summed E-state index contributed by atoms with van der Waals surface area (Å²) in [5.41, 5.74) is 4.34. The van der Waals surface area contributed by atoms with E-state index in [0.717, 1.165) is 0 Å². The van der Waals surface area contributed by atoms with Crippen molar-refractivity contribution in [3.05, 3.63) is 59.7 Å². The lowest BCUT2D eigenvalue weighted by atomic mass is 9.93. The largest absolute Gasteiger partial charge is 0.468 e. The highest BCUT2D eigenvalue weighted by Gasteiger charge is 2.45. The average Bonchev–Trinajstić information content (AvgIpc) is 3.35. The minimum atomic E-state index is -2.18. The molecule has 2 unspecified atom stereocenters. The first-order valence-corrected chi connectivity index (χ1v) is 21.0. The molecule has 1 aromatic heterocycles. The van der Waals surface area contributed by atoms with Gasteiger partial charge in [-0.15, -0.1) is 5.54 Å². The molecule has 2 saturated heterocycles. The number of hydrogen-bond donors (Lipinski definition) is 0. The summed E-state index contributed by atoms with van der Waals surface area (Å²) in [5, 5.41) is 1.26. The average molecular weight is 761 g/mol. The van der Waals surface area contributed by atoms with Gasteiger partial charge >= 0.3 is 12.2 Å². The van der Waals surface area contributed by atoms with Gasteiger partial charge in [-0.3, -0.25) is 4.90 Å². The number of fused-ring (bicyclic) bond motifs is 4. The molecule has 0 radical (unpaired) electrons. The van der Waals surface area contributed by atoms with E-state index in [1.165, 1.54) is 13.2 Å². The molecule has 3 heterocycles. The van der Waals surface area contributed by atoms with E-state index in [1.807, 2.05) is 39.0 Å². The number of benzene rings is 3. The molecule has 2 aliphatic rings. The second kappa shape index (κ2) is 15.1. The van der Waals surface area contributed by atoms with Crippen LogP contribution in [0.5, 0.6) is 5.75 Å². The molecule has 2 atom stereocenters. The number of carbonyl (C=O) groups is 1. The number of amides is 1. The van der Waals surface area contributed by atoms with Gasteiger partial charge < -0.3 is 19.1 Å². The van der Waals surface area contributed by atoms with Gasteiger partial charge in [0.25, 0.3) is 0 Å². The monoisotopic (exact) mass is 760 g/mol. The fraction of sp³-hybridized carbons (Fsp3) is 0.500. The molecule has 6 rings (SSSR count). The maximum atomic E-state index is 17.1. The number of ether oxygens (including phenoxy) is 3. The van der Waals surface area contributed by atoms with Crippen LogP contribution in [0.1, 0.15) is 80.7 Å². The van der Waals surface area contributed by atoms with Gasteiger partial charge in [0.05, 0.1) is 17.6 Å². The standard InChI is InChI=1S/C42H51F3N4O4Si/c1-24(2)54(25(3)4,26(5)6)17-16-27-12-11-13-28-18-31(52-23-51-10)19-32(35(27)28)36-34(43)20-33-38(37(36)44)46-40(45)47-39(33)48-21-29-14-15-30(22-48)49(29)41(50)53-42(7,8)9/h11-13,18-20,24-26,29-30H,14-15,21-23H2,1-10H3. The highest BCUT2D eigenvalue weighted by molar-refractivity contribution is 6.90. The summed E-state index contributed by atoms with van der Waals surface area (Å²) in [4.78, 5) is 24.6. The molecule has 2 aliphatic heterocycles. The van der Waals surface area contributed by atoms with Crippen molar-refractivity contribution in [3.63, 3.8) is 0 Å². The normalized spacial score (nSPS) is 17.6. The van der Waals surface area contributed by atoms with Crippen LogP contribution in [0.3, 0.4) is 0 Å². The SMILES string of the molecule is COCOc1cc(-c2c(F)cc3c(N4CC5CCC(C4)N5C(=O)OC(C)(C)C)nc(F)nc3c2F)c2c(C#C[Si](C(C)C)(C(C)C)C(C)C)cccc2c1. The lowest BCUT2D eigenvalue weighted by molar-refractivity contribution is 0.0122. The summed E-state index contributed by atoms with van der Waals surface area (Å²) in [6, 6.07) is 9.68. The third-order valence-corrected chi connectivity index (χ3v) is 17.4. The molecule has 4 aromatic rings. The van der Waals surface area contributed by atoms with E-state index in [9.17, 15) is 4.79 Å². The first-order valence-electron chi connectivity index (χ1n) is 18.8. The van der Waals surface area contributed by atoms with E-state index in [0.29, 0.717) is 64.6 Å². The number of aromatic nitrogens is 2. The molecule has 12 heteroatoms. The third-order valence-electron chi connectivity index (χ3n) is 11.1. The first-order chi connectivity index (χ1) is 25.5. The summed E-state index contributed by atoms with van der Waals surface area (Å²) < 4.78 is 65.8. The Morgan fingerprint density at radius 3 is 2.20 bits per heavy atom. The minimum absolute atomic E-state index is 0.0398. The van der Waals surface area contributed by atoms with Gasteiger partial charge in [-0.05, 0) is 79.9 Å². The van der Waals surface area contributed by atoms with Gasteiger partial charge in [0.2, 0.25) is 0 Å². The van der Waals surface area contributed by atoms with E-state index in [-0.39, 0.29) is 46.7 Å². The number of halogens is 3.